The van der Waals surface area contributed by atoms with Gasteiger partial charge in [0.25, 0.3) is 0 Å². The molecule has 0 unspecified atom stereocenters. The highest BCUT2D eigenvalue weighted by Crippen LogP contribution is 2.48. The van der Waals surface area contributed by atoms with Gasteiger partial charge in [-0.05, 0) is 12.1 Å². The van der Waals surface area contributed by atoms with E-state index in [1.807, 2.05) is 0 Å². The number of fused-ring (bicyclic) bond motifs is 3. The molecule has 0 saturated heterocycles. The van der Waals surface area contributed by atoms with Crippen LogP contribution in [0.3, 0.4) is 0 Å². The summed E-state index contributed by atoms with van der Waals surface area (Å²) < 4.78 is 27.7. The summed E-state index contributed by atoms with van der Waals surface area (Å²) in [6, 6.07) is 13.6. The zero-order chi connectivity index (χ0) is 24.7. The second-order valence-electron chi connectivity index (χ2n) is 8.03. The van der Waals surface area contributed by atoms with Gasteiger partial charge in [-0.1, -0.05) is 24.3 Å². The summed E-state index contributed by atoms with van der Waals surface area (Å²) in [5, 5.41) is 10.8. The number of aromatic hydroxyl groups is 1. The van der Waals surface area contributed by atoms with Crippen molar-refractivity contribution in [1.29, 1.82) is 0 Å². The maximum atomic E-state index is 13.6. The molecule has 5 rings (SSSR count). The molecule has 35 heavy (non-hydrogen) atoms. The zero-order valence-electron chi connectivity index (χ0n) is 19.3. The van der Waals surface area contributed by atoms with Gasteiger partial charge in [0, 0.05) is 34.7 Å². The van der Waals surface area contributed by atoms with Crippen LogP contribution in [0.1, 0.15) is 23.5 Å². The Labute approximate surface area is 200 Å². The van der Waals surface area contributed by atoms with Crippen molar-refractivity contribution in [1.82, 2.24) is 0 Å². The highest BCUT2D eigenvalue weighted by Gasteiger charge is 2.35. The molecule has 0 fully saturated rings. The molecule has 0 amide bonds. The number of carbonyl (C=O) groups is 1. The molecule has 1 aromatic heterocycles. The molecule has 1 N–H and O–H groups in total. The van der Waals surface area contributed by atoms with E-state index in [4.69, 9.17) is 23.4 Å². The van der Waals surface area contributed by atoms with Crippen molar-refractivity contribution < 1.29 is 33.3 Å². The third-order valence-corrected chi connectivity index (χ3v) is 6.18. The third kappa shape index (κ3) is 3.63. The van der Waals surface area contributed by atoms with Gasteiger partial charge in [0.1, 0.15) is 46.0 Å². The summed E-state index contributed by atoms with van der Waals surface area (Å²) >= 11 is 0. The Hall–Kier alpha value is -4.46. The van der Waals surface area contributed by atoms with E-state index in [0.717, 1.165) is 0 Å². The number of benzene rings is 3. The Morgan fingerprint density at radius 3 is 2.43 bits per heavy atom. The summed E-state index contributed by atoms with van der Waals surface area (Å²) in [6.07, 6.45) is 1.33. The van der Waals surface area contributed by atoms with Crippen LogP contribution in [0, 0.1) is 0 Å². The minimum Gasteiger partial charge on any atom is -0.507 e. The Morgan fingerprint density at radius 2 is 1.69 bits per heavy atom. The molecule has 8 nitrogen and oxygen atoms in total. The summed E-state index contributed by atoms with van der Waals surface area (Å²) in [7, 11) is 4.58. The van der Waals surface area contributed by atoms with E-state index < -0.39 is 17.3 Å². The predicted molar refractivity (Wildman–Crippen MR) is 128 cm³/mol. The van der Waals surface area contributed by atoms with Gasteiger partial charge in [-0.3, -0.25) is 9.59 Å². The molecule has 0 bridgehead atoms. The lowest BCUT2D eigenvalue weighted by Gasteiger charge is -2.27. The molecule has 1 aliphatic heterocycles. The number of hydrogen-bond acceptors (Lipinski definition) is 8. The van der Waals surface area contributed by atoms with Gasteiger partial charge in [0.15, 0.2) is 0 Å². The Morgan fingerprint density at radius 1 is 0.914 bits per heavy atom. The van der Waals surface area contributed by atoms with Crippen LogP contribution in [-0.2, 0) is 4.79 Å². The fraction of sp³-hybridized carbons (Fsp3) is 0.185. The van der Waals surface area contributed by atoms with Crippen molar-refractivity contribution in [2.75, 3.05) is 21.3 Å². The van der Waals surface area contributed by atoms with Crippen LogP contribution >= 0.6 is 0 Å². The third-order valence-electron chi connectivity index (χ3n) is 6.18. The average molecular weight is 474 g/mol. The largest absolute Gasteiger partial charge is 0.507 e. The molecule has 8 heteroatoms. The predicted octanol–water partition coefficient (Wildman–Crippen LogP) is 4.63. The summed E-state index contributed by atoms with van der Waals surface area (Å²) in [5.74, 6) is 0.340. The fourth-order valence-corrected chi connectivity index (χ4v) is 4.56. The number of para-hydroxylation sites is 1. The molecule has 3 aromatic carbocycles. The van der Waals surface area contributed by atoms with Gasteiger partial charge >= 0.3 is 5.97 Å². The lowest BCUT2D eigenvalue weighted by atomic mass is 9.84. The lowest BCUT2D eigenvalue weighted by molar-refractivity contribution is -0.135. The molecule has 1 aliphatic rings. The van der Waals surface area contributed by atoms with Gasteiger partial charge in [-0.25, -0.2) is 0 Å². The van der Waals surface area contributed by atoms with E-state index in [2.05, 4.69) is 0 Å². The second kappa shape index (κ2) is 8.72. The van der Waals surface area contributed by atoms with E-state index in [-0.39, 0.29) is 34.5 Å². The Bertz CT molecular complexity index is 1520. The summed E-state index contributed by atoms with van der Waals surface area (Å²) in [4.78, 5) is 26.1. The van der Waals surface area contributed by atoms with E-state index in [1.54, 1.807) is 49.6 Å². The first-order valence-corrected chi connectivity index (χ1v) is 10.8. The maximum Gasteiger partial charge on any atom is 0.312 e. The van der Waals surface area contributed by atoms with Crippen LogP contribution in [0.4, 0.5) is 0 Å². The van der Waals surface area contributed by atoms with Gasteiger partial charge in [0.2, 0.25) is 5.43 Å². The van der Waals surface area contributed by atoms with Crippen molar-refractivity contribution in [3.63, 3.8) is 0 Å². The highest BCUT2D eigenvalue weighted by atomic mass is 16.5. The van der Waals surface area contributed by atoms with Gasteiger partial charge in [0.05, 0.1) is 33.3 Å². The smallest absolute Gasteiger partial charge is 0.312 e. The molecule has 0 radical (unpaired) electrons. The molecule has 0 aliphatic carbocycles. The van der Waals surface area contributed by atoms with Gasteiger partial charge in [-0.2, -0.15) is 0 Å². The van der Waals surface area contributed by atoms with Crippen LogP contribution < -0.4 is 24.4 Å². The molecular weight excluding hydrogens is 452 g/mol. The van der Waals surface area contributed by atoms with Crippen molar-refractivity contribution in [2.45, 2.75) is 12.3 Å². The minimum atomic E-state index is -0.546. The molecule has 178 valence electrons. The van der Waals surface area contributed by atoms with Crippen LogP contribution in [0.2, 0.25) is 0 Å². The minimum absolute atomic E-state index is 0.00641. The van der Waals surface area contributed by atoms with Crippen molar-refractivity contribution in [2.24, 2.45) is 0 Å². The number of carbonyl (C=O) groups excluding carboxylic acids is 1. The average Bonchev–Trinajstić information content (AvgIpc) is 2.87. The number of phenolic OH excluding ortho intramolecular Hbond substituents is 1. The second-order valence-corrected chi connectivity index (χ2v) is 8.03. The fourth-order valence-electron chi connectivity index (χ4n) is 4.56. The van der Waals surface area contributed by atoms with Gasteiger partial charge in [-0.15, -0.1) is 0 Å². The standard InChI is InChI=1S/C27H22O8/c1-31-14-8-9-16(21(10-14)33-3)17-11-23(29)35-22-12-19(28)25-26(30)18(13-34-27(25)24(17)22)15-6-4-5-7-20(15)32-2/h4-10,12-13,17,28H,11H2,1-3H3/t17-/m1/s1. The zero-order valence-corrected chi connectivity index (χ0v) is 19.3. The number of esters is 1. The number of rotatable bonds is 5. The topological polar surface area (TPSA) is 104 Å². The highest BCUT2D eigenvalue weighted by molar-refractivity contribution is 5.94. The van der Waals surface area contributed by atoms with Crippen LogP contribution in [-0.4, -0.2) is 32.4 Å². The Kier molecular flexibility index (Phi) is 5.56. The van der Waals surface area contributed by atoms with Crippen LogP contribution in [0.15, 0.2) is 64.0 Å². The lowest BCUT2D eigenvalue weighted by Crippen LogP contribution is -2.22. The van der Waals surface area contributed by atoms with E-state index >= 15 is 0 Å². The molecule has 0 spiro atoms. The summed E-state index contributed by atoms with van der Waals surface area (Å²) in [5.41, 5.74) is 1.63. The normalized spacial score (nSPS) is 14.8. The number of hydrogen-bond donors (Lipinski definition) is 1. The van der Waals surface area contributed by atoms with Gasteiger partial charge < -0.3 is 28.5 Å². The van der Waals surface area contributed by atoms with E-state index in [1.165, 1.54) is 26.5 Å². The van der Waals surface area contributed by atoms with Crippen molar-refractivity contribution in [3.05, 3.63) is 76.1 Å². The Balaban J connectivity index is 1.78. The van der Waals surface area contributed by atoms with Crippen LogP contribution in [0.25, 0.3) is 22.1 Å². The summed E-state index contributed by atoms with van der Waals surface area (Å²) in [6.45, 7) is 0. The number of phenols is 1. The first-order valence-electron chi connectivity index (χ1n) is 10.8. The molecular formula is C27H22O8. The molecule has 4 aromatic rings. The van der Waals surface area contributed by atoms with Crippen LogP contribution in [0.5, 0.6) is 28.7 Å². The van der Waals surface area contributed by atoms with E-state index in [9.17, 15) is 14.7 Å². The first-order chi connectivity index (χ1) is 17.0. The number of ether oxygens (including phenoxy) is 4. The number of methoxy groups -OCH3 is 3. The molecule has 1 atom stereocenters. The first kappa shape index (κ1) is 22.3. The quantitative estimate of drug-likeness (QED) is 0.330. The maximum absolute atomic E-state index is 13.6. The molecule has 0 saturated carbocycles. The SMILES string of the molecule is COc1ccc([C@H]2CC(=O)Oc3cc(O)c4c(=O)c(-c5ccccc5OC)coc4c32)c(OC)c1. The molecule has 2 heterocycles. The monoisotopic (exact) mass is 474 g/mol. The van der Waals surface area contributed by atoms with E-state index in [0.29, 0.717) is 33.9 Å². The van der Waals surface area contributed by atoms with Crippen molar-refractivity contribution >= 4 is 16.9 Å². The van der Waals surface area contributed by atoms with Crippen molar-refractivity contribution in [3.8, 4) is 39.9 Å².